The van der Waals surface area contributed by atoms with Gasteiger partial charge in [0.2, 0.25) is 0 Å². The number of benzene rings is 1. The predicted molar refractivity (Wildman–Crippen MR) is 63.1 cm³/mol. The van der Waals surface area contributed by atoms with Crippen molar-refractivity contribution < 1.29 is 14.3 Å². The SMILES string of the molecule is CCOC(=O)c1nc2ccccc2cc1C=O. The summed E-state index contributed by atoms with van der Waals surface area (Å²) in [7, 11) is 0. The lowest BCUT2D eigenvalue weighted by Crippen LogP contribution is -2.10. The van der Waals surface area contributed by atoms with Crippen molar-refractivity contribution in [1.82, 2.24) is 4.98 Å². The molecule has 0 N–H and O–H groups in total. The van der Waals surface area contributed by atoms with Gasteiger partial charge in [-0.15, -0.1) is 0 Å². The molecule has 0 bridgehead atoms. The summed E-state index contributed by atoms with van der Waals surface area (Å²) in [5.74, 6) is -0.569. The van der Waals surface area contributed by atoms with E-state index in [0.717, 1.165) is 5.39 Å². The topological polar surface area (TPSA) is 56.3 Å². The highest BCUT2D eigenvalue weighted by atomic mass is 16.5. The highest BCUT2D eigenvalue weighted by Gasteiger charge is 2.15. The van der Waals surface area contributed by atoms with Gasteiger partial charge in [0.15, 0.2) is 12.0 Å². The standard InChI is InChI=1S/C13H11NO3/c1-2-17-13(16)12-10(8-15)7-9-5-3-4-6-11(9)14-12/h3-8H,2H2,1H3. The summed E-state index contributed by atoms with van der Waals surface area (Å²) in [4.78, 5) is 26.7. The number of esters is 1. The molecule has 1 aromatic heterocycles. The number of rotatable bonds is 3. The number of aldehydes is 1. The van der Waals surface area contributed by atoms with Crippen LogP contribution in [0.15, 0.2) is 30.3 Å². The van der Waals surface area contributed by atoms with E-state index in [4.69, 9.17) is 4.74 Å². The third-order valence-corrected chi connectivity index (χ3v) is 2.35. The first-order valence-corrected chi connectivity index (χ1v) is 5.28. The summed E-state index contributed by atoms with van der Waals surface area (Å²) in [5, 5.41) is 0.822. The number of hydrogen-bond donors (Lipinski definition) is 0. The van der Waals surface area contributed by atoms with Crippen LogP contribution < -0.4 is 0 Å². The van der Waals surface area contributed by atoms with Gasteiger partial charge >= 0.3 is 5.97 Å². The van der Waals surface area contributed by atoms with Crippen molar-refractivity contribution in [3.8, 4) is 0 Å². The van der Waals surface area contributed by atoms with Crippen LogP contribution in [0.5, 0.6) is 0 Å². The first-order chi connectivity index (χ1) is 8.26. The van der Waals surface area contributed by atoms with Gasteiger partial charge in [-0.05, 0) is 19.1 Å². The van der Waals surface area contributed by atoms with Crippen LogP contribution in [0, 0.1) is 0 Å². The number of para-hydroxylation sites is 1. The van der Waals surface area contributed by atoms with Crippen LogP contribution in [0.1, 0.15) is 27.8 Å². The average molecular weight is 229 g/mol. The maximum absolute atomic E-state index is 11.6. The van der Waals surface area contributed by atoms with Gasteiger partial charge in [-0.1, -0.05) is 18.2 Å². The van der Waals surface area contributed by atoms with E-state index < -0.39 is 5.97 Å². The monoisotopic (exact) mass is 229 g/mol. The second kappa shape index (κ2) is 4.74. The van der Waals surface area contributed by atoms with E-state index in [1.807, 2.05) is 18.2 Å². The zero-order valence-corrected chi connectivity index (χ0v) is 9.34. The normalized spacial score (nSPS) is 10.2. The molecular weight excluding hydrogens is 218 g/mol. The lowest BCUT2D eigenvalue weighted by Gasteiger charge is -2.05. The summed E-state index contributed by atoms with van der Waals surface area (Å²) in [6, 6.07) is 8.94. The summed E-state index contributed by atoms with van der Waals surface area (Å²) >= 11 is 0. The van der Waals surface area contributed by atoms with E-state index in [1.165, 1.54) is 0 Å². The minimum Gasteiger partial charge on any atom is -0.461 e. The molecule has 0 unspecified atom stereocenters. The summed E-state index contributed by atoms with van der Waals surface area (Å²) in [6.45, 7) is 1.96. The highest BCUT2D eigenvalue weighted by molar-refractivity contribution is 6.00. The van der Waals surface area contributed by atoms with Gasteiger partial charge < -0.3 is 4.74 Å². The van der Waals surface area contributed by atoms with E-state index >= 15 is 0 Å². The van der Waals surface area contributed by atoms with E-state index in [2.05, 4.69) is 4.98 Å². The number of hydrogen-bond acceptors (Lipinski definition) is 4. The Bertz CT molecular complexity index is 578. The number of carbonyl (C=O) groups excluding carboxylic acids is 2. The first kappa shape index (κ1) is 11.3. The fraction of sp³-hybridized carbons (Fsp3) is 0.154. The average Bonchev–Trinajstić information content (AvgIpc) is 2.37. The molecule has 2 rings (SSSR count). The van der Waals surface area contributed by atoms with Crippen molar-refractivity contribution in [1.29, 1.82) is 0 Å². The molecule has 1 aromatic carbocycles. The van der Waals surface area contributed by atoms with Gasteiger partial charge in [0, 0.05) is 10.9 Å². The second-order valence-electron chi connectivity index (χ2n) is 3.46. The molecule has 0 amide bonds. The molecule has 4 heteroatoms. The molecular formula is C13H11NO3. The quantitative estimate of drug-likeness (QED) is 0.598. The first-order valence-electron chi connectivity index (χ1n) is 5.28. The van der Waals surface area contributed by atoms with Crippen molar-refractivity contribution in [3.63, 3.8) is 0 Å². The lowest BCUT2D eigenvalue weighted by molar-refractivity contribution is 0.0517. The third-order valence-electron chi connectivity index (χ3n) is 2.35. The Morgan fingerprint density at radius 1 is 1.41 bits per heavy atom. The molecule has 0 aliphatic rings. The second-order valence-corrected chi connectivity index (χ2v) is 3.46. The molecule has 2 aromatic rings. The number of aromatic nitrogens is 1. The molecule has 4 nitrogen and oxygen atoms in total. The van der Waals surface area contributed by atoms with Crippen LogP contribution in [0.2, 0.25) is 0 Å². The Kier molecular flexibility index (Phi) is 3.14. The van der Waals surface area contributed by atoms with Crippen LogP contribution in [-0.2, 0) is 4.74 Å². The van der Waals surface area contributed by atoms with Crippen LogP contribution in [0.3, 0.4) is 0 Å². The number of ether oxygens (including phenoxy) is 1. The maximum Gasteiger partial charge on any atom is 0.357 e. The maximum atomic E-state index is 11.6. The molecule has 1 heterocycles. The Hall–Kier alpha value is -2.23. The molecule has 0 saturated heterocycles. The number of fused-ring (bicyclic) bond motifs is 1. The lowest BCUT2D eigenvalue weighted by atomic mass is 10.1. The van der Waals surface area contributed by atoms with Crippen LogP contribution >= 0.6 is 0 Å². The molecule has 0 atom stereocenters. The van der Waals surface area contributed by atoms with Crippen molar-refractivity contribution in [3.05, 3.63) is 41.6 Å². The Balaban J connectivity index is 2.60. The van der Waals surface area contributed by atoms with E-state index in [0.29, 0.717) is 11.8 Å². The zero-order chi connectivity index (χ0) is 12.3. The molecule has 0 saturated carbocycles. The Labute approximate surface area is 98.2 Å². The number of nitrogens with zero attached hydrogens (tertiary/aromatic N) is 1. The molecule has 17 heavy (non-hydrogen) atoms. The molecule has 86 valence electrons. The van der Waals surface area contributed by atoms with Crippen LogP contribution in [0.4, 0.5) is 0 Å². The smallest absolute Gasteiger partial charge is 0.357 e. The van der Waals surface area contributed by atoms with Gasteiger partial charge in [-0.2, -0.15) is 0 Å². The van der Waals surface area contributed by atoms with Crippen molar-refractivity contribution in [2.75, 3.05) is 6.61 Å². The number of pyridine rings is 1. The van der Waals surface area contributed by atoms with E-state index in [9.17, 15) is 9.59 Å². The van der Waals surface area contributed by atoms with Crippen molar-refractivity contribution in [2.45, 2.75) is 6.92 Å². The summed E-state index contributed by atoms with van der Waals surface area (Å²) < 4.78 is 4.86. The minimum atomic E-state index is -0.569. The fourth-order valence-corrected chi connectivity index (χ4v) is 1.59. The Morgan fingerprint density at radius 3 is 2.88 bits per heavy atom. The number of carbonyl (C=O) groups is 2. The molecule has 0 aliphatic heterocycles. The predicted octanol–water partition coefficient (Wildman–Crippen LogP) is 2.22. The van der Waals surface area contributed by atoms with Crippen molar-refractivity contribution in [2.24, 2.45) is 0 Å². The van der Waals surface area contributed by atoms with Gasteiger partial charge in [-0.3, -0.25) is 4.79 Å². The third kappa shape index (κ3) is 2.15. The van der Waals surface area contributed by atoms with Gasteiger partial charge in [0.1, 0.15) is 0 Å². The van der Waals surface area contributed by atoms with Crippen molar-refractivity contribution >= 4 is 23.2 Å². The summed E-state index contributed by atoms with van der Waals surface area (Å²) in [5.41, 5.74) is 0.990. The Morgan fingerprint density at radius 2 is 2.18 bits per heavy atom. The van der Waals surface area contributed by atoms with Crippen LogP contribution in [-0.4, -0.2) is 23.8 Å². The van der Waals surface area contributed by atoms with E-state index in [1.54, 1.807) is 19.1 Å². The summed E-state index contributed by atoms with van der Waals surface area (Å²) in [6.07, 6.45) is 0.617. The largest absolute Gasteiger partial charge is 0.461 e. The van der Waals surface area contributed by atoms with Gasteiger partial charge in [0.25, 0.3) is 0 Å². The molecule has 0 aliphatic carbocycles. The van der Waals surface area contributed by atoms with E-state index in [-0.39, 0.29) is 17.9 Å². The van der Waals surface area contributed by atoms with Crippen LogP contribution in [0.25, 0.3) is 10.9 Å². The molecule has 0 fully saturated rings. The molecule has 0 radical (unpaired) electrons. The molecule has 0 spiro atoms. The van der Waals surface area contributed by atoms with Gasteiger partial charge in [-0.25, -0.2) is 9.78 Å². The fourth-order valence-electron chi connectivity index (χ4n) is 1.59. The van der Waals surface area contributed by atoms with Gasteiger partial charge in [0.05, 0.1) is 12.1 Å². The highest BCUT2D eigenvalue weighted by Crippen LogP contribution is 2.16. The zero-order valence-electron chi connectivity index (χ0n) is 9.34. The minimum absolute atomic E-state index is 0.0700.